The highest BCUT2D eigenvalue weighted by atomic mass is 16.5. The first-order valence-corrected chi connectivity index (χ1v) is 11.4. The molecule has 0 aliphatic carbocycles. The standard InChI is InChI=1S/C28H27NO5/c1-2-3-16-29-25-17-23(32-18-21-10-6-4-7-11-21)14-15-24(25)26(27(28(29)31)34-20-30)33-19-22-12-8-5-9-13-22/h4-15,17,20H,2-3,16,18-19H2,1H3. The summed E-state index contributed by atoms with van der Waals surface area (Å²) in [4.78, 5) is 24.6. The van der Waals surface area contributed by atoms with Gasteiger partial charge in [-0.15, -0.1) is 0 Å². The van der Waals surface area contributed by atoms with E-state index < -0.39 is 5.56 Å². The molecule has 0 unspecified atom stereocenters. The number of hydrogen-bond donors (Lipinski definition) is 0. The van der Waals surface area contributed by atoms with Gasteiger partial charge in [-0.2, -0.15) is 0 Å². The van der Waals surface area contributed by atoms with E-state index in [1.165, 1.54) is 0 Å². The summed E-state index contributed by atoms with van der Waals surface area (Å²) in [6.45, 7) is 3.45. The number of fused-ring (bicyclic) bond motifs is 1. The molecule has 3 aromatic carbocycles. The topological polar surface area (TPSA) is 66.8 Å². The monoisotopic (exact) mass is 457 g/mol. The fourth-order valence-corrected chi connectivity index (χ4v) is 3.77. The van der Waals surface area contributed by atoms with Crippen LogP contribution in [0.1, 0.15) is 30.9 Å². The van der Waals surface area contributed by atoms with Gasteiger partial charge in [0.15, 0.2) is 5.75 Å². The van der Waals surface area contributed by atoms with Gasteiger partial charge in [-0.05, 0) is 29.7 Å². The lowest BCUT2D eigenvalue weighted by molar-refractivity contribution is -0.120. The van der Waals surface area contributed by atoms with Gasteiger partial charge in [0.05, 0.1) is 5.52 Å². The number of carbonyl (C=O) groups is 1. The van der Waals surface area contributed by atoms with E-state index in [4.69, 9.17) is 14.2 Å². The summed E-state index contributed by atoms with van der Waals surface area (Å²) in [5, 5.41) is 0.676. The second-order valence-electron chi connectivity index (χ2n) is 7.91. The second-order valence-corrected chi connectivity index (χ2v) is 7.91. The molecule has 4 rings (SSSR count). The Morgan fingerprint density at radius 3 is 2.09 bits per heavy atom. The number of aromatic nitrogens is 1. The van der Waals surface area contributed by atoms with Crippen LogP contribution in [0.4, 0.5) is 0 Å². The number of aryl methyl sites for hydroxylation is 1. The van der Waals surface area contributed by atoms with Gasteiger partial charge in [0.25, 0.3) is 12.0 Å². The fraction of sp³-hybridized carbons (Fsp3) is 0.214. The highest BCUT2D eigenvalue weighted by Crippen LogP contribution is 2.35. The first-order chi connectivity index (χ1) is 16.7. The molecule has 0 N–H and O–H groups in total. The zero-order valence-corrected chi connectivity index (χ0v) is 19.1. The zero-order chi connectivity index (χ0) is 23.8. The summed E-state index contributed by atoms with van der Waals surface area (Å²) in [7, 11) is 0. The maximum absolute atomic E-state index is 13.4. The summed E-state index contributed by atoms with van der Waals surface area (Å²) in [5.74, 6) is 0.782. The SMILES string of the molecule is CCCCn1c(=O)c(OC=O)c(OCc2ccccc2)c2ccc(OCc3ccccc3)cc21. The third-order valence-electron chi connectivity index (χ3n) is 5.53. The maximum Gasteiger partial charge on any atom is 0.298 e. The predicted octanol–water partition coefficient (Wildman–Crippen LogP) is 5.49. The van der Waals surface area contributed by atoms with Crippen molar-refractivity contribution in [3.05, 3.63) is 100 Å². The van der Waals surface area contributed by atoms with E-state index in [1.807, 2.05) is 78.9 Å². The third kappa shape index (κ3) is 5.29. The highest BCUT2D eigenvalue weighted by molar-refractivity contribution is 5.89. The number of unbranched alkanes of at least 4 members (excludes halogenated alkanes) is 1. The lowest BCUT2D eigenvalue weighted by atomic mass is 10.1. The first-order valence-electron chi connectivity index (χ1n) is 11.4. The maximum atomic E-state index is 13.4. The van der Waals surface area contributed by atoms with Crippen molar-refractivity contribution >= 4 is 17.4 Å². The number of nitrogens with zero attached hydrogens (tertiary/aromatic N) is 1. The molecular formula is C28H27NO5. The molecule has 0 aliphatic heterocycles. The van der Waals surface area contributed by atoms with E-state index in [9.17, 15) is 9.59 Å². The number of benzene rings is 3. The Morgan fingerprint density at radius 2 is 1.47 bits per heavy atom. The molecule has 174 valence electrons. The van der Waals surface area contributed by atoms with Gasteiger partial charge in [-0.25, -0.2) is 0 Å². The second kappa shape index (κ2) is 11.2. The van der Waals surface area contributed by atoms with Crippen LogP contribution in [0.25, 0.3) is 10.9 Å². The van der Waals surface area contributed by atoms with Crippen LogP contribution < -0.4 is 19.8 Å². The molecule has 6 nitrogen and oxygen atoms in total. The van der Waals surface area contributed by atoms with Crippen molar-refractivity contribution in [1.29, 1.82) is 0 Å². The van der Waals surface area contributed by atoms with Gasteiger partial charge in [0, 0.05) is 18.0 Å². The van der Waals surface area contributed by atoms with Crippen LogP contribution in [0, 0.1) is 0 Å². The normalized spacial score (nSPS) is 10.7. The molecule has 0 atom stereocenters. The molecule has 6 heteroatoms. The van der Waals surface area contributed by atoms with Gasteiger partial charge < -0.3 is 18.8 Å². The molecule has 0 saturated carbocycles. The molecule has 1 heterocycles. The smallest absolute Gasteiger partial charge is 0.298 e. The lowest BCUT2D eigenvalue weighted by Crippen LogP contribution is -2.23. The van der Waals surface area contributed by atoms with E-state index in [1.54, 1.807) is 4.57 Å². The van der Waals surface area contributed by atoms with Crippen LogP contribution in [0.2, 0.25) is 0 Å². The van der Waals surface area contributed by atoms with Crippen molar-refractivity contribution in [3.8, 4) is 17.2 Å². The van der Waals surface area contributed by atoms with Gasteiger partial charge in [-0.3, -0.25) is 9.59 Å². The van der Waals surface area contributed by atoms with Crippen LogP contribution in [0.3, 0.4) is 0 Å². The molecule has 0 spiro atoms. The van der Waals surface area contributed by atoms with Crippen molar-refractivity contribution in [2.45, 2.75) is 39.5 Å². The summed E-state index contributed by atoms with van der Waals surface area (Å²) in [6.07, 6.45) is 1.71. The van der Waals surface area contributed by atoms with E-state index in [2.05, 4.69) is 6.92 Å². The average molecular weight is 458 g/mol. The minimum absolute atomic E-state index is 0.104. The third-order valence-corrected chi connectivity index (χ3v) is 5.53. The van der Waals surface area contributed by atoms with E-state index in [0.29, 0.717) is 29.8 Å². The Morgan fingerprint density at radius 1 is 0.824 bits per heavy atom. The van der Waals surface area contributed by atoms with Gasteiger partial charge >= 0.3 is 0 Å². The number of pyridine rings is 1. The van der Waals surface area contributed by atoms with Gasteiger partial charge in [0.2, 0.25) is 5.75 Å². The Balaban J connectivity index is 1.77. The van der Waals surface area contributed by atoms with E-state index in [0.717, 1.165) is 24.0 Å². The van der Waals surface area contributed by atoms with E-state index >= 15 is 0 Å². The largest absolute Gasteiger partial charge is 0.489 e. The minimum Gasteiger partial charge on any atom is -0.489 e. The lowest BCUT2D eigenvalue weighted by Gasteiger charge is -2.18. The molecule has 0 amide bonds. The summed E-state index contributed by atoms with van der Waals surface area (Å²) >= 11 is 0. The van der Waals surface area contributed by atoms with Crippen LogP contribution in [0.5, 0.6) is 17.2 Å². The zero-order valence-electron chi connectivity index (χ0n) is 19.1. The molecule has 0 radical (unpaired) electrons. The van der Waals surface area contributed by atoms with Gasteiger partial charge in [0.1, 0.15) is 19.0 Å². The number of carbonyl (C=O) groups excluding carboxylic acids is 1. The van der Waals surface area contributed by atoms with Crippen LogP contribution in [0.15, 0.2) is 83.7 Å². The average Bonchev–Trinajstić information content (AvgIpc) is 2.88. The Kier molecular flexibility index (Phi) is 7.60. The predicted molar refractivity (Wildman–Crippen MR) is 131 cm³/mol. The van der Waals surface area contributed by atoms with Crippen molar-refractivity contribution in [2.24, 2.45) is 0 Å². The first kappa shape index (κ1) is 23.1. The molecule has 0 aliphatic rings. The van der Waals surface area contributed by atoms with Crippen molar-refractivity contribution in [1.82, 2.24) is 4.57 Å². The molecular weight excluding hydrogens is 430 g/mol. The molecule has 0 saturated heterocycles. The summed E-state index contributed by atoms with van der Waals surface area (Å²) in [5.41, 5.74) is 2.25. The summed E-state index contributed by atoms with van der Waals surface area (Å²) in [6, 6.07) is 25.0. The van der Waals surface area contributed by atoms with Crippen molar-refractivity contribution < 1.29 is 19.0 Å². The quantitative estimate of drug-likeness (QED) is 0.279. The highest BCUT2D eigenvalue weighted by Gasteiger charge is 2.20. The van der Waals surface area contributed by atoms with Gasteiger partial charge in [-0.1, -0.05) is 74.0 Å². The Labute approximate surface area is 198 Å². The molecule has 4 aromatic rings. The van der Waals surface area contributed by atoms with E-state index in [-0.39, 0.29) is 24.6 Å². The van der Waals surface area contributed by atoms with Crippen molar-refractivity contribution in [3.63, 3.8) is 0 Å². The Bertz CT molecular complexity index is 1300. The Hall–Kier alpha value is -4.06. The summed E-state index contributed by atoms with van der Waals surface area (Å²) < 4.78 is 18.8. The minimum atomic E-state index is -0.406. The van der Waals surface area contributed by atoms with Crippen LogP contribution >= 0.6 is 0 Å². The number of hydrogen-bond acceptors (Lipinski definition) is 5. The van der Waals surface area contributed by atoms with Crippen LogP contribution in [-0.4, -0.2) is 11.0 Å². The fourth-order valence-electron chi connectivity index (χ4n) is 3.77. The number of rotatable bonds is 11. The number of ether oxygens (including phenoxy) is 3. The molecule has 1 aromatic heterocycles. The van der Waals surface area contributed by atoms with Crippen LogP contribution in [-0.2, 0) is 24.6 Å². The molecule has 0 fully saturated rings. The molecule has 34 heavy (non-hydrogen) atoms. The molecule has 0 bridgehead atoms. The van der Waals surface area contributed by atoms with Crippen molar-refractivity contribution in [2.75, 3.05) is 0 Å².